The van der Waals surface area contributed by atoms with Gasteiger partial charge in [-0.25, -0.2) is 12.8 Å². The van der Waals surface area contributed by atoms with E-state index >= 15 is 0 Å². The molecule has 1 aromatic carbocycles. The minimum absolute atomic E-state index is 0.0373. The van der Waals surface area contributed by atoms with Crippen molar-refractivity contribution in [2.75, 3.05) is 26.8 Å². The minimum atomic E-state index is -4.05. The number of methoxy groups -OCH3 is 1. The van der Waals surface area contributed by atoms with E-state index in [9.17, 15) is 12.8 Å². The van der Waals surface area contributed by atoms with Crippen LogP contribution in [0.25, 0.3) is 0 Å². The maximum absolute atomic E-state index is 14.3. The van der Waals surface area contributed by atoms with Gasteiger partial charge in [0, 0.05) is 37.3 Å². The Morgan fingerprint density at radius 3 is 2.71 bits per heavy atom. The average molecular weight is 337 g/mol. The van der Waals surface area contributed by atoms with Crippen molar-refractivity contribution >= 4 is 21.6 Å². The number of hydrogen-bond acceptors (Lipinski definition) is 4. The van der Waals surface area contributed by atoms with Crippen molar-refractivity contribution in [1.29, 1.82) is 0 Å². The second-order valence-electron chi connectivity index (χ2n) is 4.23. The smallest absolute Gasteiger partial charge is 0.246 e. The Bertz CT molecular complexity index is 608. The molecule has 0 aliphatic carbocycles. The third-order valence-corrected chi connectivity index (χ3v) is 4.88. The van der Waals surface area contributed by atoms with Crippen LogP contribution in [0.1, 0.15) is 5.56 Å². The number of benzene rings is 1. The van der Waals surface area contributed by atoms with Crippen LogP contribution >= 0.6 is 11.6 Å². The van der Waals surface area contributed by atoms with Crippen LogP contribution in [0.15, 0.2) is 29.7 Å². The second-order valence-corrected chi connectivity index (χ2v) is 6.57. The highest BCUT2D eigenvalue weighted by Gasteiger charge is 2.28. The Morgan fingerprint density at radius 2 is 2.19 bits per heavy atom. The van der Waals surface area contributed by atoms with Crippen LogP contribution in [0, 0.1) is 5.82 Å². The van der Waals surface area contributed by atoms with Gasteiger partial charge in [0.2, 0.25) is 10.0 Å². The van der Waals surface area contributed by atoms with E-state index < -0.39 is 20.7 Å². The third-order valence-electron chi connectivity index (χ3n) is 2.79. The number of hydrogen-bond donors (Lipinski definition) is 1. The fourth-order valence-corrected chi connectivity index (χ4v) is 3.57. The highest BCUT2D eigenvalue weighted by molar-refractivity contribution is 7.89. The first-order valence-electron chi connectivity index (χ1n) is 6.16. The van der Waals surface area contributed by atoms with Crippen LogP contribution in [0.5, 0.6) is 0 Å². The van der Waals surface area contributed by atoms with Crippen LogP contribution < -0.4 is 5.73 Å². The molecule has 0 fully saturated rings. The Labute approximate surface area is 129 Å². The van der Waals surface area contributed by atoms with Gasteiger partial charge < -0.3 is 10.5 Å². The van der Waals surface area contributed by atoms with Crippen molar-refractivity contribution in [3.63, 3.8) is 0 Å². The topological polar surface area (TPSA) is 72.6 Å². The standard InChI is InChI=1S/C13H18ClFN2O3S/c1-3-4-17(5-6-20-2)21(18,19)12-8-11(14)7-10(9-16)13(12)15/h3,7-8H,1,4-6,9,16H2,2H3. The predicted molar refractivity (Wildman–Crippen MR) is 80.1 cm³/mol. The van der Waals surface area contributed by atoms with Gasteiger partial charge in [-0.05, 0) is 12.1 Å². The van der Waals surface area contributed by atoms with Gasteiger partial charge >= 0.3 is 0 Å². The molecule has 0 saturated carbocycles. The van der Waals surface area contributed by atoms with Gasteiger partial charge in [0.15, 0.2) is 0 Å². The molecule has 0 heterocycles. The number of sulfonamides is 1. The number of nitrogens with two attached hydrogens (primary N) is 1. The quantitative estimate of drug-likeness (QED) is 0.734. The van der Waals surface area contributed by atoms with E-state index in [0.29, 0.717) is 0 Å². The van der Waals surface area contributed by atoms with Crippen molar-refractivity contribution in [2.45, 2.75) is 11.4 Å². The van der Waals surface area contributed by atoms with Crippen molar-refractivity contribution in [3.8, 4) is 0 Å². The minimum Gasteiger partial charge on any atom is -0.383 e. The molecule has 2 N–H and O–H groups in total. The summed E-state index contributed by atoms with van der Waals surface area (Å²) in [5.41, 5.74) is 5.45. The Balaban J connectivity index is 3.33. The molecule has 0 aliphatic rings. The van der Waals surface area contributed by atoms with Crippen molar-refractivity contribution < 1.29 is 17.5 Å². The first kappa shape index (κ1) is 18.1. The van der Waals surface area contributed by atoms with Crippen LogP contribution in [0.4, 0.5) is 4.39 Å². The second kappa shape index (κ2) is 7.86. The van der Waals surface area contributed by atoms with Crippen LogP contribution in [0.2, 0.25) is 5.02 Å². The first-order valence-corrected chi connectivity index (χ1v) is 7.98. The molecular weight excluding hydrogens is 319 g/mol. The molecular formula is C13H18ClFN2O3S. The van der Waals surface area contributed by atoms with Crippen molar-refractivity contribution in [2.24, 2.45) is 5.73 Å². The van der Waals surface area contributed by atoms with Gasteiger partial charge in [0.05, 0.1) is 6.61 Å². The lowest BCUT2D eigenvalue weighted by molar-refractivity contribution is 0.182. The van der Waals surface area contributed by atoms with Crippen LogP contribution in [-0.2, 0) is 21.3 Å². The summed E-state index contributed by atoms with van der Waals surface area (Å²) in [5.74, 6) is -0.881. The summed E-state index contributed by atoms with van der Waals surface area (Å²) in [5, 5.41) is 0.112. The van der Waals surface area contributed by atoms with E-state index in [4.69, 9.17) is 22.1 Å². The molecule has 0 aliphatic heterocycles. The zero-order valence-electron chi connectivity index (χ0n) is 11.7. The van der Waals surface area contributed by atoms with E-state index in [1.807, 2.05) is 0 Å². The lowest BCUT2D eigenvalue weighted by atomic mass is 10.2. The molecule has 0 saturated heterocycles. The van der Waals surface area contributed by atoms with E-state index in [1.54, 1.807) is 0 Å². The van der Waals surface area contributed by atoms with E-state index in [2.05, 4.69) is 6.58 Å². The molecule has 5 nitrogen and oxygen atoms in total. The lowest BCUT2D eigenvalue weighted by Gasteiger charge is -2.21. The average Bonchev–Trinajstić information content (AvgIpc) is 2.45. The van der Waals surface area contributed by atoms with Gasteiger partial charge in [-0.3, -0.25) is 0 Å². The number of halogens is 2. The summed E-state index contributed by atoms with van der Waals surface area (Å²) in [6, 6.07) is 2.39. The molecule has 0 spiro atoms. The van der Waals surface area contributed by atoms with Gasteiger partial charge in [-0.1, -0.05) is 17.7 Å². The lowest BCUT2D eigenvalue weighted by Crippen LogP contribution is -2.34. The SMILES string of the molecule is C=CCN(CCOC)S(=O)(=O)c1cc(Cl)cc(CN)c1F. The molecule has 118 valence electrons. The highest BCUT2D eigenvalue weighted by atomic mass is 35.5. The van der Waals surface area contributed by atoms with Crippen LogP contribution in [-0.4, -0.2) is 39.5 Å². The fourth-order valence-electron chi connectivity index (χ4n) is 1.74. The van der Waals surface area contributed by atoms with E-state index in [0.717, 1.165) is 10.4 Å². The summed E-state index contributed by atoms with van der Waals surface area (Å²) in [6.45, 7) is 3.65. The summed E-state index contributed by atoms with van der Waals surface area (Å²) < 4.78 is 45.3. The molecule has 1 aromatic rings. The molecule has 0 radical (unpaired) electrons. The number of ether oxygens (including phenoxy) is 1. The molecule has 21 heavy (non-hydrogen) atoms. The first-order chi connectivity index (χ1) is 9.88. The monoisotopic (exact) mass is 336 g/mol. The fraction of sp³-hybridized carbons (Fsp3) is 0.385. The number of nitrogens with zero attached hydrogens (tertiary/aromatic N) is 1. The van der Waals surface area contributed by atoms with E-state index in [-0.39, 0.29) is 36.8 Å². The molecule has 8 heteroatoms. The largest absolute Gasteiger partial charge is 0.383 e. The third kappa shape index (κ3) is 4.24. The Hall–Kier alpha value is -0.990. The molecule has 0 unspecified atom stereocenters. The predicted octanol–water partition coefficient (Wildman–Crippen LogP) is 1.76. The van der Waals surface area contributed by atoms with Gasteiger partial charge in [-0.15, -0.1) is 6.58 Å². The van der Waals surface area contributed by atoms with Gasteiger partial charge in [-0.2, -0.15) is 4.31 Å². The molecule has 0 amide bonds. The van der Waals surface area contributed by atoms with Gasteiger partial charge in [0.1, 0.15) is 10.7 Å². The van der Waals surface area contributed by atoms with Gasteiger partial charge in [0.25, 0.3) is 0 Å². The molecule has 0 bridgehead atoms. The summed E-state index contributed by atoms with van der Waals surface area (Å²) in [6.07, 6.45) is 1.42. The maximum atomic E-state index is 14.3. The summed E-state index contributed by atoms with van der Waals surface area (Å²) >= 11 is 5.84. The van der Waals surface area contributed by atoms with E-state index in [1.165, 1.54) is 19.3 Å². The van der Waals surface area contributed by atoms with Crippen molar-refractivity contribution in [1.82, 2.24) is 4.31 Å². The Morgan fingerprint density at radius 1 is 1.52 bits per heavy atom. The summed E-state index contributed by atoms with van der Waals surface area (Å²) in [7, 11) is -2.60. The molecule has 0 atom stereocenters. The van der Waals surface area contributed by atoms with Crippen LogP contribution in [0.3, 0.4) is 0 Å². The zero-order chi connectivity index (χ0) is 16.0. The zero-order valence-corrected chi connectivity index (χ0v) is 13.3. The van der Waals surface area contributed by atoms with Crippen molar-refractivity contribution in [3.05, 3.63) is 41.2 Å². The highest BCUT2D eigenvalue weighted by Crippen LogP contribution is 2.26. The molecule has 0 aromatic heterocycles. The maximum Gasteiger partial charge on any atom is 0.246 e. The number of rotatable bonds is 8. The summed E-state index contributed by atoms with van der Waals surface area (Å²) in [4.78, 5) is -0.492. The molecule has 1 rings (SSSR count). The normalized spacial score (nSPS) is 11.9. The Kier molecular flexibility index (Phi) is 6.76.